The van der Waals surface area contributed by atoms with E-state index in [0.29, 0.717) is 11.4 Å². The third-order valence-electron chi connectivity index (χ3n) is 3.19. The number of nitrogens with zero attached hydrogens (tertiary/aromatic N) is 4. The monoisotopic (exact) mass is 297 g/mol. The largest absolute Gasteiger partial charge is 0.273 e. The van der Waals surface area contributed by atoms with Gasteiger partial charge in [-0.15, -0.1) is 0 Å². The van der Waals surface area contributed by atoms with Crippen molar-refractivity contribution in [1.82, 2.24) is 24.3 Å². The van der Waals surface area contributed by atoms with Crippen molar-refractivity contribution in [2.24, 2.45) is 7.05 Å². The number of aryl methyl sites for hydroxylation is 3. The van der Waals surface area contributed by atoms with Crippen molar-refractivity contribution in [3.05, 3.63) is 29.3 Å². The second-order valence-corrected chi connectivity index (χ2v) is 6.36. The van der Waals surface area contributed by atoms with Gasteiger partial charge in [-0.3, -0.25) is 9.36 Å². The van der Waals surface area contributed by atoms with E-state index < -0.39 is 10.0 Å². The van der Waals surface area contributed by atoms with Gasteiger partial charge in [0.1, 0.15) is 4.90 Å². The van der Waals surface area contributed by atoms with Gasteiger partial charge in [0.25, 0.3) is 0 Å². The summed E-state index contributed by atoms with van der Waals surface area (Å²) in [7, 11) is -1.84. The van der Waals surface area contributed by atoms with Crippen LogP contribution in [0.5, 0.6) is 0 Å². The first kappa shape index (κ1) is 14.7. The van der Waals surface area contributed by atoms with Gasteiger partial charge >= 0.3 is 0 Å². The zero-order chi connectivity index (χ0) is 14.9. The summed E-state index contributed by atoms with van der Waals surface area (Å²) in [5, 5.41) is 8.24. The van der Waals surface area contributed by atoms with Crippen LogP contribution in [-0.4, -0.2) is 28.0 Å². The summed E-state index contributed by atoms with van der Waals surface area (Å²) < 4.78 is 30.6. The van der Waals surface area contributed by atoms with E-state index in [1.165, 1.54) is 0 Å². The Labute approximate surface area is 118 Å². The molecule has 20 heavy (non-hydrogen) atoms. The molecule has 0 unspecified atom stereocenters. The topological polar surface area (TPSA) is 81.8 Å². The van der Waals surface area contributed by atoms with E-state index in [9.17, 15) is 8.42 Å². The number of rotatable bonds is 5. The molecule has 0 atom stereocenters. The second-order valence-electron chi connectivity index (χ2n) is 4.65. The van der Waals surface area contributed by atoms with Gasteiger partial charge in [0.05, 0.1) is 17.6 Å². The van der Waals surface area contributed by atoms with E-state index in [1.54, 1.807) is 36.5 Å². The second kappa shape index (κ2) is 5.37. The number of hydrogen-bond acceptors (Lipinski definition) is 4. The van der Waals surface area contributed by atoms with Crippen molar-refractivity contribution < 1.29 is 8.42 Å². The van der Waals surface area contributed by atoms with Gasteiger partial charge in [-0.25, -0.2) is 13.1 Å². The summed E-state index contributed by atoms with van der Waals surface area (Å²) in [4.78, 5) is 0.253. The van der Waals surface area contributed by atoms with Crippen LogP contribution in [0.3, 0.4) is 0 Å². The predicted octanol–water partition coefficient (Wildman–Crippen LogP) is 0.732. The van der Waals surface area contributed by atoms with Gasteiger partial charge < -0.3 is 0 Å². The lowest BCUT2D eigenvalue weighted by atomic mass is 10.4. The molecule has 2 aromatic heterocycles. The lowest BCUT2D eigenvalue weighted by molar-refractivity contribution is 0.579. The van der Waals surface area contributed by atoms with Crippen LogP contribution < -0.4 is 4.72 Å². The smallest absolute Gasteiger partial charge is 0.244 e. The quantitative estimate of drug-likeness (QED) is 0.882. The summed E-state index contributed by atoms with van der Waals surface area (Å²) in [5.74, 6) is 0. The highest BCUT2D eigenvalue weighted by Crippen LogP contribution is 2.18. The van der Waals surface area contributed by atoms with Crippen LogP contribution in [0.25, 0.3) is 0 Å². The molecule has 2 aromatic rings. The van der Waals surface area contributed by atoms with E-state index in [2.05, 4.69) is 14.9 Å². The Balaban J connectivity index is 2.19. The fourth-order valence-electron chi connectivity index (χ4n) is 2.06. The van der Waals surface area contributed by atoms with Crippen LogP contribution in [0.1, 0.15) is 23.9 Å². The Bertz CT molecular complexity index is 714. The number of nitrogens with one attached hydrogen (secondary N) is 1. The molecule has 7 nitrogen and oxygen atoms in total. The van der Waals surface area contributed by atoms with Crippen molar-refractivity contribution >= 4 is 10.0 Å². The van der Waals surface area contributed by atoms with Crippen molar-refractivity contribution in [2.75, 3.05) is 0 Å². The van der Waals surface area contributed by atoms with E-state index in [4.69, 9.17) is 0 Å². The fraction of sp³-hybridized carbons (Fsp3) is 0.500. The SMILES string of the molecule is CCn1cc(CNS(=O)(=O)c2c(C)nn(C)c2C)cn1. The van der Waals surface area contributed by atoms with Crippen LogP contribution in [0.15, 0.2) is 17.3 Å². The van der Waals surface area contributed by atoms with Crippen molar-refractivity contribution in [3.63, 3.8) is 0 Å². The molecule has 0 amide bonds. The van der Waals surface area contributed by atoms with Crippen molar-refractivity contribution in [3.8, 4) is 0 Å². The van der Waals surface area contributed by atoms with Gasteiger partial charge in [-0.1, -0.05) is 0 Å². The van der Waals surface area contributed by atoms with Crippen molar-refractivity contribution in [1.29, 1.82) is 0 Å². The van der Waals surface area contributed by atoms with E-state index in [0.717, 1.165) is 12.1 Å². The molecule has 0 radical (unpaired) electrons. The van der Waals surface area contributed by atoms with Gasteiger partial charge in [0, 0.05) is 31.9 Å². The molecule has 0 aliphatic carbocycles. The number of aromatic nitrogens is 4. The van der Waals surface area contributed by atoms with Crippen molar-refractivity contribution in [2.45, 2.75) is 38.8 Å². The molecule has 2 heterocycles. The first-order valence-corrected chi connectivity index (χ1v) is 7.84. The predicted molar refractivity (Wildman–Crippen MR) is 74.6 cm³/mol. The molecule has 8 heteroatoms. The molecule has 110 valence electrons. The van der Waals surface area contributed by atoms with E-state index >= 15 is 0 Å². The highest BCUT2D eigenvalue weighted by molar-refractivity contribution is 7.89. The molecular formula is C12H19N5O2S. The Morgan fingerprint density at radius 2 is 2.05 bits per heavy atom. The molecule has 0 aliphatic heterocycles. The van der Waals surface area contributed by atoms with Gasteiger partial charge in [0.15, 0.2) is 0 Å². The van der Waals surface area contributed by atoms with Gasteiger partial charge in [-0.2, -0.15) is 10.2 Å². The lowest BCUT2D eigenvalue weighted by Crippen LogP contribution is -2.24. The molecule has 0 aromatic carbocycles. The molecule has 0 spiro atoms. The van der Waals surface area contributed by atoms with E-state index in [1.807, 2.05) is 13.1 Å². The molecule has 2 rings (SSSR count). The number of sulfonamides is 1. The minimum absolute atomic E-state index is 0.218. The molecule has 1 N–H and O–H groups in total. The summed E-state index contributed by atoms with van der Waals surface area (Å²) in [6.07, 6.45) is 3.49. The maximum absolute atomic E-state index is 12.3. The molecule has 0 aliphatic rings. The van der Waals surface area contributed by atoms with Crippen LogP contribution in [-0.2, 0) is 30.2 Å². The average Bonchev–Trinajstić information content (AvgIpc) is 2.93. The number of hydrogen-bond donors (Lipinski definition) is 1. The van der Waals surface area contributed by atoms with E-state index in [-0.39, 0.29) is 11.4 Å². The maximum atomic E-state index is 12.3. The summed E-state index contributed by atoms with van der Waals surface area (Å²) in [6.45, 7) is 6.38. The summed E-state index contributed by atoms with van der Waals surface area (Å²) in [5.41, 5.74) is 1.95. The van der Waals surface area contributed by atoms with Crippen LogP contribution in [0, 0.1) is 13.8 Å². The Kier molecular flexibility index (Phi) is 3.96. The highest BCUT2D eigenvalue weighted by atomic mass is 32.2. The third kappa shape index (κ3) is 2.75. The minimum atomic E-state index is -3.57. The molecule has 0 fully saturated rings. The van der Waals surface area contributed by atoms with Crippen LogP contribution in [0.2, 0.25) is 0 Å². The maximum Gasteiger partial charge on any atom is 0.244 e. The normalized spacial score (nSPS) is 12.0. The average molecular weight is 297 g/mol. The first-order chi connectivity index (χ1) is 9.35. The Hall–Kier alpha value is -1.67. The zero-order valence-corrected chi connectivity index (χ0v) is 12.9. The fourth-order valence-corrected chi connectivity index (χ4v) is 3.52. The van der Waals surface area contributed by atoms with Crippen LogP contribution >= 0.6 is 0 Å². The standard InChI is InChI=1S/C12H19N5O2S/c1-5-17-8-11(6-13-17)7-14-20(18,19)12-9(2)15-16(4)10(12)3/h6,8,14H,5,7H2,1-4H3. The molecule has 0 saturated carbocycles. The Morgan fingerprint density at radius 3 is 2.55 bits per heavy atom. The molecule has 0 bridgehead atoms. The third-order valence-corrected chi connectivity index (χ3v) is 4.84. The first-order valence-electron chi connectivity index (χ1n) is 6.36. The highest BCUT2D eigenvalue weighted by Gasteiger charge is 2.23. The summed E-state index contributed by atoms with van der Waals surface area (Å²) >= 11 is 0. The zero-order valence-electron chi connectivity index (χ0n) is 12.1. The molecule has 0 saturated heterocycles. The van der Waals surface area contributed by atoms with Gasteiger partial charge in [-0.05, 0) is 20.8 Å². The van der Waals surface area contributed by atoms with Gasteiger partial charge in [0.2, 0.25) is 10.0 Å². The minimum Gasteiger partial charge on any atom is -0.273 e. The lowest BCUT2D eigenvalue weighted by Gasteiger charge is -2.06. The molecular weight excluding hydrogens is 278 g/mol. The summed E-state index contributed by atoms with van der Waals surface area (Å²) in [6, 6.07) is 0. The Morgan fingerprint density at radius 1 is 1.35 bits per heavy atom. The van der Waals surface area contributed by atoms with Crippen LogP contribution in [0.4, 0.5) is 0 Å².